The fourth-order valence-electron chi connectivity index (χ4n) is 5.32. The molecule has 3 aromatic carbocycles. The highest BCUT2D eigenvalue weighted by Gasteiger charge is 2.34. The second kappa shape index (κ2) is 11.7. The number of aromatic nitrogens is 1. The van der Waals surface area contributed by atoms with Gasteiger partial charge in [0.2, 0.25) is 11.8 Å². The third-order valence-electron chi connectivity index (χ3n) is 7.65. The quantitative estimate of drug-likeness (QED) is 0.352. The molecular formula is C33H33N3O4. The van der Waals surface area contributed by atoms with Gasteiger partial charge in [0.25, 0.3) is 5.56 Å². The lowest BCUT2D eigenvalue weighted by Gasteiger charge is -2.38. The number of likely N-dealkylation sites (tertiary alicyclic amines) is 1. The van der Waals surface area contributed by atoms with Gasteiger partial charge in [-0.2, -0.15) is 0 Å². The van der Waals surface area contributed by atoms with Crippen LogP contribution in [0, 0.1) is 0 Å². The molecule has 5 rings (SSSR count). The zero-order valence-corrected chi connectivity index (χ0v) is 22.3. The Morgan fingerprint density at radius 2 is 1.48 bits per heavy atom. The maximum Gasteiger partial charge on any atom is 0.251 e. The number of pyridine rings is 1. The minimum absolute atomic E-state index is 0.0758. The second-order valence-corrected chi connectivity index (χ2v) is 10.5. The van der Waals surface area contributed by atoms with Crippen LogP contribution in [0.1, 0.15) is 35.2 Å². The van der Waals surface area contributed by atoms with Gasteiger partial charge >= 0.3 is 0 Å². The number of aryl methyl sites for hydroxylation is 1. The van der Waals surface area contributed by atoms with Gasteiger partial charge in [-0.15, -0.1) is 0 Å². The Labute approximate surface area is 233 Å². The number of rotatable bonds is 8. The van der Waals surface area contributed by atoms with Crippen LogP contribution in [-0.2, 0) is 17.8 Å². The van der Waals surface area contributed by atoms with Crippen LogP contribution in [0.4, 0.5) is 0 Å². The van der Waals surface area contributed by atoms with Crippen molar-refractivity contribution in [3.8, 4) is 22.3 Å². The Balaban J connectivity index is 1.36. The molecule has 40 heavy (non-hydrogen) atoms. The van der Waals surface area contributed by atoms with Crippen LogP contribution in [0.5, 0.6) is 0 Å². The number of piperidine rings is 1. The molecule has 3 N–H and O–H groups in total. The highest BCUT2D eigenvalue weighted by molar-refractivity contribution is 5.95. The van der Waals surface area contributed by atoms with Crippen molar-refractivity contribution in [2.24, 2.45) is 5.73 Å². The normalized spacial score (nSPS) is 14.6. The third kappa shape index (κ3) is 6.21. The number of aliphatic hydroxyl groups is 1. The summed E-state index contributed by atoms with van der Waals surface area (Å²) in [4.78, 5) is 39.8. The average molecular weight is 536 g/mol. The van der Waals surface area contributed by atoms with Crippen molar-refractivity contribution in [2.75, 3.05) is 13.1 Å². The van der Waals surface area contributed by atoms with Crippen molar-refractivity contribution in [3.63, 3.8) is 0 Å². The highest BCUT2D eigenvalue weighted by atomic mass is 16.3. The maximum absolute atomic E-state index is 13.3. The van der Waals surface area contributed by atoms with Crippen LogP contribution in [0.15, 0.2) is 102 Å². The predicted molar refractivity (Wildman–Crippen MR) is 156 cm³/mol. The van der Waals surface area contributed by atoms with Crippen molar-refractivity contribution in [1.82, 2.24) is 9.47 Å². The molecule has 0 atom stereocenters. The largest absolute Gasteiger partial charge is 0.388 e. The second-order valence-electron chi connectivity index (χ2n) is 10.5. The van der Waals surface area contributed by atoms with Crippen molar-refractivity contribution in [2.45, 2.75) is 37.8 Å². The molecule has 7 heteroatoms. The molecule has 1 fully saturated rings. The van der Waals surface area contributed by atoms with Gasteiger partial charge in [0, 0.05) is 42.9 Å². The first kappa shape index (κ1) is 27.1. The van der Waals surface area contributed by atoms with E-state index in [0.29, 0.717) is 44.3 Å². The Morgan fingerprint density at radius 3 is 2.15 bits per heavy atom. The summed E-state index contributed by atoms with van der Waals surface area (Å²) in [5.41, 5.74) is 8.77. The van der Waals surface area contributed by atoms with Crippen molar-refractivity contribution in [3.05, 3.63) is 119 Å². The van der Waals surface area contributed by atoms with E-state index >= 15 is 0 Å². The predicted octanol–water partition coefficient (Wildman–Crippen LogP) is 4.27. The molecular weight excluding hydrogens is 502 g/mol. The average Bonchev–Trinajstić information content (AvgIpc) is 2.98. The SMILES string of the molecule is NC(=O)c1cccc(-c2cn(CC3(O)CCN(C(=O)CCc4ccccc4)CC3)c(=O)cc2-c2ccccc2)c1. The van der Waals surface area contributed by atoms with Gasteiger partial charge in [-0.3, -0.25) is 14.4 Å². The summed E-state index contributed by atoms with van der Waals surface area (Å²) in [6, 6.07) is 28.1. The Bertz CT molecular complexity index is 1560. The number of hydrogen-bond acceptors (Lipinski definition) is 4. The van der Waals surface area contributed by atoms with E-state index in [4.69, 9.17) is 5.73 Å². The Kier molecular flexibility index (Phi) is 7.94. The summed E-state index contributed by atoms with van der Waals surface area (Å²) < 4.78 is 1.53. The van der Waals surface area contributed by atoms with Gasteiger partial charge in [-0.1, -0.05) is 72.8 Å². The summed E-state index contributed by atoms with van der Waals surface area (Å²) in [5.74, 6) is -0.456. The fraction of sp³-hybridized carbons (Fsp3) is 0.242. The first-order valence-corrected chi connectivity index (χ1v) is 13.6. The number of primary amides is 1. The maximum atomic E-state index is 13.3. The molecule has 2 heterocycles. The van der Waals surface area contributed by atoms with Gasteiger partial charge < -0.3 is 20.3 Å². The molecule has 0 radical (unpaired) electrons. The number of carbonyl (C=O) groups is 2. The van der Waals surface area contributed by atoms with E-state index in [0.717, 1.165) is 27.8 Å². The van der Waals surface area contributed by atoms with E-state index in [1.165, 1.54) is 4.57 Å². The van der Waals surface area contributed by atoms with E-state index in [1.54, 1.807) is 35.4 Å². The van der Waals surface area contributed by atoms with Gasteiger partial charge in [0.1, 0.15) is 0 Å². The van der Waals surface area contributed by atoms with E-state index in [-0.39, 0.29) is 18.0 Å². The van der Waals surface area contributed by atoms with E-state index in [9.17, 15) is 19.5 Å². The molecule has 0 saturated carbocycles. The molecule has 0 spiro atoms. The Hall–Kier alpha value is -4.49. The topological polar surface area (TPSA) is 106 Å². The molecule has 2 amide bonds. The molecule has 1 aliphatic rings. The number of nitrogens with zero attached hydrogens (tertiary/aromatic N) is 2. The van der Waals surface area contributed by atoms with Crippen molar-refractivity contribution in [1.29, 1.82) is 0 Å². The van der Waals surface area contributed by atoms with Crippen LogP contribution < -0.4 is 11.3 Å². The standard InChI is InChI=1S/C33H33N3O4/c34-32(39)27-13-7-12-26(20-27)29-22-36(31(38)21-28(29)25-10-5-2-6-11-25)23-33(40)16-18-35(19-17-33)30(37)15-14-24-8-3-1-4-9-24/h1-13,20-22,40H,14-19,23H2,(H2,34,39). The van der Waals surface area contributed by atoms with Crippen LogP contribution >= 0.6 is 0 Å². The first-order chi connectivity index (χ1) is 19.3. The van der Waals surface area contributed by atoms with Gasteiger partial charge in [-0.05, 0) is 53.6 Å². The highest BCUT2D eigenvalue weighted by Crippen LogP contribution is 2.32. The molecule has 1 aliphatic heterocycles. The van der Waals surface area contributed by atoms with Crippen molar-refractivity contribution >= 4 is 11.8 Å². The summed E-state index contributed by atoms with van der Waals surface area (Å²) in [6.45, 7) is 0.985. The minimum Gasteiger partial charge on any atom is -0.388 e. The number of hydrogen-bond donors (Lipinski definition) is 2. The van der Waals surface area contributed by atoms with E-state index in [1.807, 2.05) is 66.7 Å². The lowest BCUT2D eigenvalue weighted by molar-refractivity contribution is -0.135. The van der Waals surface area contributed by atoms with E-state index < -0.39 is 11.5 Å². The van der Waals surface area contributed by atoms with Crippen molar-refractivity contribution < 1.29 is 14.7 Å². The molecule has 4 aromatic rings. The third-order valence-corrected chi connectivity index (χ3v) is 7.65. The molecule has 204 valence electrons. The number of carbonyl (C=O) groups excluding carboxylic acids is 2. The Morgan fingerprint density at radius 1 is 0.825 bits per heavy atom. The fourth-order valence-corrected chi connectivity index (χ4v) is 5.32. The lowest BCUT2D eigenvalue weighted by Crippen LogP contribution is -2.49. The van der Waals surface area contributed by atoms with Crippen LogP contribution in [0.3, 0.4) is 0 Å². The summed E-state index contributed by atoms with van der Waals surface area (Å²) in [7, 11) is 0. The molecule has 0 unspecified atom stereocenters. The smallest absolute Gasteiger partial charge is 0.251 e. The van der Waals surface area contributed by atoms with E-state index in [2.05, 4.69) is 0 Å². The monoisotopic (exact) mass is 535 g/mol. The van der Waals surface area contributed by atoms with Gasteiger partial charge in [0.05, 0.1) is 12.1 Å². The summed E-state index contributed by atoms with van der Waals surface area (Å²) in [5, 5.41) is 11.5. The minimum atomic E-state index is -1.12. The molecule has 1 saturated heterocycles. The molecule has 0 aliphatic carbocycles. The van der Waals surface area contributed by atoms with Crippen LogP contribution in [0.2, 0.25) is 0 Å². The number of nitrogens with two attached hydrogens (primary N) is 1. The van der Waals surface area contributed by atoms with Gasteiger partial charge in [0.15, 0.2) is 0 Å². The zero-order valence-electron chi connectivity index (χ0n) is 22.3. The van der Waals surface area contributed by atoms with Crippen LogP contribution in [-0.4, -0.2) is 45.1 Å². The zero-order chi connectivity index (χ0) is 28.1. The van der Waals surface area contributed by atoms with Gasteiger partial charge in [-0.25, -0.2) is 0 Å². The number of amides is 2. The molecule has 0 bridgehead atoms. The first-order valence-electron chi connectivity index (χ1n) is 13.6. The lowest BCUT2D eigenvalue weighted by atomic mass is 9.90. The number of benzene rings is 3. The molecule has 7 nitrogen and oxygen atoms in total. The summed E-state index contributed by atoms with van der Waals surface area (Å²) in [6.07, 6.45) is 3.62. The molecule has 1 aromatic heterocycles. The summed E-state index contributed by atoms with van der Waals surface area (Å²) >= 11 is 0. The van der Waals surface area contributed by atoms with Crippen LogP contribution in [0.25, 0.3) is 22.3 Å².